The van der Waals surface area contributed by atoms with E-state index in [2.05, 4.69) is 26.3 Å². The molecule has 1 unspecified atom stereocenters. The zero-order chi connectivity index (χ0) is 18.5. The number of hydrogen-bond acceptors (Lipinski definition) is 5. The van der Waals surface area contributed by atoms with E-state index in [1.807, 2.05) is 18.2 Å². The van der Waals surface area contributed by atoms with Crippen molar-refractivity contribution in [3.8, 4) is 6.07 Å². The van der Waals surface area contributed by atoms with Crippen LogP contribution in [-0.4, -0.2) is 42.2 Å². The number of aromatic amines is 1. The van der Waals surface area contributed by atoms with Gasteiger partial charge in [-0.3, -0.25) is 4.79 Å². The quantitative estimate of drug-likeness (QED) is 0.872. The molecule has 3 fully saturated rings. The van der Waals surface area contributed by atoms with Crippen LogP contribution in [-0.2, 0) is 9.53 Å². The number of anilines is 2. The molecule has 7 heteroatoms. The Kier molecular flexibility index (Phi) is 3.66. The number of benzene rings is 1. The zero-order valence-corrected chi connectivity index (χ0v) is 15.3. The third kappa shape index (κ3) is 2.51. The van der Waals surface area contributed by atoms with Crippen molar-refractivity contribution in [1.29, 1.82) is 5.26 Å². The molecular weight excluding hydrogens is 342 g/mol. The van der Waals surface area contributed by atoms with Crippen molar-refractivity contribution in [2.24, 2.45) is 10.8 Å². The number of ether oxygens (including phenoxy) is 1. The van der Waals surface area contributed by atoms with Crippen LogP contribution in [0.15, 0.2) is 18.2 Å². The van der Waals surface area contributed by atoms with Gasteiger partial charge in [0.25, 0.3) is 0 Å². The lowest BCUT2D eigenvalue weighted by molar-refractivity contribution is -0.120. The number of nitriles is 1. The van der Waals surface area contributed by atoms with E-state index in [4.69, 9.17) is 4.74 Å². The summed E-state index contributed by atoms with van der Waals surface area (Å²) < 4.78 is 5.39. The molecule has 1 aliphatic heterocycles. The molecule has 140 valence electrons. The van der Waals surface area contributed by atoms with E-state index in [9.17, 15) is 10.1 Å². The van der Waals surface area contributed by atoms with E-state index in [0.717, 1.165) is 55.8 Å². The van der Waals surface area contributed by atoms with Gasteiger partial charge < -0.3 is 19.9 Å². The van der Waals surface area contributed by atoms with Gasteiger partial charge in [-0.25, -0.2) is 4.98 Å². The van der Waals surface area contributed by atoms with Gasteiger partial charge in [0.1, 0.15) is 5.41 Å². The first-order chi connectivity index (χ1) is 13.2. The number of carbonyl (C=O) groups excluding carboxylic acids is 1. The van der Waals surface area contributed by atoms with Crippen LogP contribution in [0.25, 0.3) is 11.0 Å². The van der Waals surface area contributed by atoms with Gasteiger partial charge in [0, 0.05) is 24.2 Å². The molecule has 2 aliphatic carbocycles. The summed E-state index contributed by atoms with van der Waals surface area (Å²) in [4.78, 5) is 23.0. The smallest absolute Gasteiger partial charge is 0.245 e. The normalized spacial score (nSPS) is 26.3. The second kappa shape index (κ2) is 5.96. The molecule has 1 atom stereocenters. The lowest BCUT2D eigenvalue weighted by atomic mass is 9.91. The summed E-state index contributed by atoms with van der Waals surface area (Å²) in [6, 6.07) is 8.01. The van der Waals surface area contributed by atoms with Crippen molar-refractivity contribution < 1.29 is 9.53 Å². The van der Waals surface area contributed by atoms with Crippen LogP contribution in [0.4, 0.5) is 11.6 Å². The summed E-state index contributed by atoms with van der Waals surface area (Å²) >= 11 is 0. The van der Waals surface area contributed by atoms with Gasteiger partial charge in [-0.2, -0.15) is 5.26 Å². The highest BCUT2D eigenvalue weighted by Gasteiger charge is 2.72. The Morgan fingerprint density at radius 1 is 1.30 bits per heavy atom. The van der Waals surface area contributed by atoms with Gasteiger partial charge in [0.2, 0.25) is 11.9 Å². The zero-order valence-electron chi connectivity index (χ0n) is 15.3. The van der Waals surface area contributed by atoms with Crippen LogP contribution < -0.4 is 10.2 Å². The third-order valence-electron chi connectivity index (χ3n) is 6.56. The maximum atomic E-state index is 12.9. The predicted molar refractivity (Wildman–Crippen MR) is 101 cm³/mol. The molecule has 3 aliphatic rings. The summed E-state index contributed by atoms with van der Waals surface area (Å²) in [5.74, 6) is 0.677. The lowest BCUT2D eigenvalue weighted by Gasteiger charge is -2.26. The molecule has 7 nitrogen and oxygen atoms in total. The predicted octanol–water partition coefficient (Wildman–Crippen LogP) is 2.81. The van der Waals surface area contributed by atoms with E-state index in [1.54, 1.807) is 0 Å². The van der Waals surface area contributed by atoms with E-state index in [1.165, 1.54) is 0 Å². The monoisotopic (exact) mass is 365 g/mol. The molecular formula is C20H23N5O2. The molecule has 1 spiro atoms. The van der Waals surface area contributed by atoms with Crippen molar-refractivity contribution in [3.05, 3.63) is 18.2 Å². The average molecular weight is 365 g/mol. The van der Waals surface area contributed by atoms with Crippen molar-refractivity contribution in [3.63, 3.8) is 0 Å². The largest absolute Gasteiger partial charge is 0.378 e. The van der Waals surface area contributed by atoms with Crippen molar-refractivity contribution >= 4 is 28.6 Å². The Balaban J connectivity index is 1.36. The average Bonchev–Trinajstić information content (AvgIpc) is 3.00. The first-order valence-corrected chi connectivity index (χ1v) is 9.71. The fourth-order valence-corrected chi connectivity index (χ4v) is 4.89. The summed E-state index contributed by atoms with van der Waals surface area (Å²) in [7, 11) is 0. The number of morpholine rings is 1. The summed E-state index contributed by atoms with van der Waals surface area (Å²) in [6.07, 6.45) is 4.95. The molecule has 27 heavy (non-hydrogen) atoms. The number of nitrogens with zero attached hydrogens (tertiary/aromatic N) is 3. The lowest BCUT2D eigenvalue weighted by Crippen LogP contribution is -2.36. The van der Waals surface area contributed by atoms with Crippen molar-refractivity contribution in [2.75, 3.05) is 36.5 Å². The molecule has 2 N–H and O–H groups in total. The van der Waals surface area contributed by atoms with Crippen LogP contribution in [0.5, 0.6) is 0 Å². The Morgan fingerprint density at radius 3 is 2.81 bits per heavy atom. The maximum Gasteiger partial charge on any atom is 0.245 e. The summed E-state index contributed by atoms with van der Waals surface area (Å²) in [5.41, 5.74) is 1.54. The molecule has 1 saturated heterocycles. The Morgan fingerprint density at radius 2 is 2.07 bits per heavy atom. The van der Waals surface area contributed by atoms with Gasteiger partial charge in [0.15, 0.2) is 0 Å². The number of carbonyl (C=O) groups is 1. The minimum absolute atomic E-state index is 0.0760. The molecule has 2 saturated carbocycles. The molecule has 2 aromatic rings. The van der Waals surface area contributed by atoms with Crippen LogP contribution in [0.3, 0.4) is 0 Å². The number of amides is 1. The minimum Gasteiger partial charge on any atom is -0.378 e. The van der Waals surface area contributed by atoms with Crippen LogP contribution >= 0.6 is 0 Å². The number of nitrogens with one attached hydrogen (secondary N) is 2. The Bertz CT molecular complexity index is 933. The highest BCUT2D eigenvalue weighted by Crippen LogP contribution is 2.71. The Hall–Kier alpha value is -2.59. The minimum atomic E-state index is -0.842. The van der Waals surface area contributed by atoms with E-state index in [-0.39, 0.29) is 11.3 Å². The second-order valence-corrected chi connectivity index (χ2v) is 8.03. The molecule has 1 amide bonds. The number of rotatable bonds is 3. The summed E-state index contributed by atoms with van der Waals surface area (Å²) in [5, 5.41) is 12.7. The maximum absolute atomic E-state index is 12.9. The number of hydrogen-bond donors (Lipinski definition) is 2. The highest BCUT2D eigenvalue weighted by atomic mass is 16.5. The second-order valence-electron chi connectivity index (χ2n) is 8.03. The van der Waals surface area contributed by atoms with Gasteiger partial charge >= 0.3 is 0 Å². The van der Waals surface area contributed by atoms with Gasteiger partial charge in [0.05, 0.1) is 30.3 Å². The van der Waals surface area contributed by atoms with E-state index < -0.39 is 5.41 Å². The molecule has 0 bridgehead atoms. The Labute approximate surface area is 157 Å². The first-order valence-electron chi connectivity index (χ1n) is 9.71. The molecule has 1 aromatic heterocycles. The van der Waals surface area contributed by atoms with E-state index >= 15 is 0 Å². The standard InChI is InChI=1S/C20H23N5O2/c21-13-20(12-19(20)5-1-2-6-19)17(26)22-14-3-4-15-16(11-14)24-18(23-15)25-7-9-27-10-8-25/h3-4,11H,1-2,5-10,12H2,(H,22,26)(H,23,24). The fraction of sp³-hybridized carbons (Fsp3) is 0.550. The van der Waals surface area contributed by atoms with Crippen LogP contribution in [0.1, 0.15) is 32.1 Å². The SMILES string of the molecule is N#CC1(C(=O)Nc2ccc3nc(N4CCOCC4)[nH]c3c2)CC12CCCC2. The van der Waals surface area contributed by atoms with Crippen molar-refractivity contribution in [2.45, 2.75) is 32.1 Å². The third-order valence-corrected chi connectivity index (χ3v) is 6.56. The first kappa shape index (κ1) is 16.6. The molecule has 2 heterocycles. The number of H-pyrrole nitrogens is 1. The molecule has 5 rings (SSSR count). The molecule has 1 aromatic carbocycles. The number of imidazole rings is 1. The topological polar surface area (TPSA) is 94.0 Å². The van der Waals surface area contributed by atoms with Gasteiger partial charge in [-0.05, 0) is 37.5 Å². The van der Waals surface area contributed by atoms with Crippen LogP contribution in [0, 0.1) is 22.2 Å². The van der Waals surface area contributed by atoms with Crippen LogP contribution in [0.2, 0.25) is 0 Å². The highest BCUT2D eigenvalue weighted by molar-refractivity contribution is 6.01. The van der Waals surface area contributed by atoms with E-state index in [0.29, 0.717) is 25.3 Å². The molecule has 0 radical (unpaired) electrons. The van der Waals surface area contributed by atoms with Gasteiger partial charge in [-0.1, -0.05) is 12.8 Å². The van der Waals surface area contributed by atoms with Crippen molar-refractivity contribution in [1.82, 2.24) is 9.97 Å². The summed E-state index contributed by atoms with van der Waals surface area (Å²) in [6.45, 7) is 3.04. The number of aromatic nitrogens is 2. The number of fused-ring (bicyclic) bond motifs is 1. The van der Waals surface area contributed by atoms with Gasteiger partial charge in [-0.15, -0.1) is 0 Å². The fourth-order valence-electron chi connectivity index (χ4n) is 4.89.